The normalized spacial score (nSPS) is 17.9. The lowest BCUT2D eigenvalue weighted by Crippen LogP contribution is -2.53. The van der Waals surface area contributed by atoms with Crippen molar-refractivity contribution in [1.82, 2.24) is 9.80 Å². The Kier molecular flexibility index (Phi) is 8.23. The molecule has 0 spiro atoms. The molecule has 0 radical (unpaired) electrons. The number of benzene rings is 2. The number of aliphatic hydroxyl groups is 1. The van der Waals surface area contributed by atoms with Crippen molar-refractivity contribution in [2.75, 3.05) is 38.1 Å². The van der Waals surface area contributed by atoms with Crippen molar-refractivity contribution < 1.29 is 9.90 Å². The second kappa shape index (κ2) is 11.1. The highest BCUT2D eigenvalue weighted by Gasteiger charge is 2.26. The van der Waals surface area contributed by atoms with Crippen molar-refractivity contribution in [2.45, 2.75) is 38.8 Å². The molecule has 0 aromatic heterocycles. The molecule has 1 saturated heterocycles. The van der Waals surface area contributed by atoms with Gasteiger partial charge < -0.3 is 10.4 Å². The van der Waals surface area contributed by atoms with E-state index in [9.17, 15) is 9.90 Å². The van der Waals surface area contributed by atoms with Crippen LogP contribution in [-0.4, -0.2) is 59.6 Å². The number of piperazine rings is 1. The summed E-state index contributed by atoms with van der Waals surface area (Å²) >= 11 is 0. The molecule has 1 atom stereocenters. The zero-order valence-corrected chi connectivity index (χ0v) is 17.4. The van der Waals surface area contributed by atoms with E-state index in [2.05, 4.69) is 57.6 Å². The Morgan fingerprint density at radius 1 is 1.07 bits per heavy atom. The number of anilines is 1. The Balaban J connectivity index is 1.49. The van der Waals surface area contributed by atoms with E-state index in [1.165, 1.54) is 18.1 Å². The van der Waals surface area contributed by atoms with Crippen LogP contribution in [0.25, 0.3) is 0 Å². The van der Waals surface area contributed by atoms with Gasteiger partial charge in [-0.15, -0.1) is 0 Å². The van der Waals surface area contributed by atoms with Crippen molar-refractivity contribution >= 4 is 11.6 Å². The molecule has 1 amide bonds. The van der Waals surface area contributed by atoms with Gasteiger partial charge in [0.1, 0.15) is 0 Å². The largest absolute Gasteiger partial charge is 0.396 e. The predicted octanol–water partition coefficient (Wildman–Crippen LogP) is 3.15. The Morgan fingerprint density at radius 3 is 2.52 bits per heavy atom. The fourth-order valence-corrected chi connectivity index (χ4v) is 4.10. The van der Waals surface area contributed by atoms with E-state index in [1.807, 2.05) is 12.1 Å². The van der Waals surface area contributed by atoms with Gasteiger partial charge in [0.05, 0.1) is 0 Å². The molecule has 1 fully saturated rings. The van der Waals surface area contributed by atoms with Gasteiger partial charge in [0.15, 0.2) is 0 Å². The molecule has 1 aliphatic heterocycles. The van der Waals surface area contributed by atoms with Crippen LogP contribution in [0.3, 0.4) is 0 Å². The first kappa shape index (κ1) is 21.5. The maximum atomic E-state index is 11.2. The van der Waals surface area contributed by atoms with Crippen LogP contribution in [0.2, 0.25) is 0 Å². The number of carbonyl (C=O) groups excluding carboxylic acids is 1. The van der Waals surface area contributed by atoms with Crippen LogP contribution in [-0.2, 0) is 17.8 Å². The minimum absolute atomic E-state index is 0.0482. The van der Waals surface area contributed by atoms with E-state index in [4.69, 9.17) is 0 Å². The van der Waals surface area contributed by atoms with E-state index < -0.39 is 0 Å². The van der Waals surface area contributed by atoms with E-state index in [-0.39, 0.29) is 12.5 Å². The zero-order chi connectivity index (χ0) is 20.5. The number of hydrogen-bond acceptors (Lipinski definition) is 4. The Hall–Kier alpha value is -2.21. The average Bonchev–Trinajstić information content (AvgIpc) is 2.72. The van der Waals surface area contributed by atoms with Gasteiger partial charge in [0, 0.05) is 51.4 Å². The summed E-state index contributed by atoms with van der Waals surface area (Å²) in [5.41, 5.74) is 3.48. The molecule has 156 valence electrons. The molecule has 2 N–H and O–H groups in total. The highest BCUT2D eigenvalue weighted by Crippen LogP contribution is 2.18. The van der Waals surface area contributed by atoms with Crippen LogP contribution in [0, 0.1) is 0 Å². The lowest BCUT2D eigenvalue weighted by molar-refractivity contribution is -0.114. The highest BCUT2D eigenvalue weighted by molar-refractivity contribution is 5.88. The maximum absolute atomic E-state index is 11.2. The Morgan fingerprint density at radius 2 is 1.83 bits per heavy atom. The van der Waals surface area contributed by atoms with Crippen LogP contribution in [0.1, 0.15) is 30.9 Å². The van der Waals surface area contributed by atoms with Gasteiger partial charge in [-0.3, -0.25) is 14.6 Å². The van der Waals surface area contributed by atoms with Crippen molar-refractivity contribution in [3.8, 4) is 0 Å². The minimum Gasteiger partial charge on any atom is -0.396 e. The molecule has 29 heavy (non-hydrogen) atoms. The number of aryl methyl sites for hydroxylation is 1. The first-order valence-electron chi connectivity index (χ1n) is 10.6. The van der Waals surface area contributed by atoms with Gasteiger partial charge in [0.25, 0.3) is 0 Å². The van der Waals surface area contributed by atoms with Crippen LogP contribution >= 0.6 is 0 Å². The second-order valence-corrected chi connectivity index (χ2v) is 7.90. The minimum atomic E-state index is -0.0482. The van der Waals surface area contributed by atoms with E-state index in [0.29, 0.717) is 6.04 Å². The molecule has 1 heterocycles. The number of rotatable bonds is 9. The molecule has 1 aliphatic rings. The number of amides is 1. The molecule has 0 unspecified atom stereocenters. The molecule has 5 nitrogen and oxygen atoms in total. The first-order valence-corrected chi connectivity index (χ1v) is 10.6. The van der Waals surface area contributed by atoms with Gasteiger partial charge in [-0.05, 0) is 49.1 Å². The summed E-state index contributed by atoms with van der Waals surface area (Å²) < 4.78 is 0. The predicted molar refractivity (Wildman–Crippen MR) is 118 cm³/mol. The van der Waals surface area contributed by atoms with Crippen molar-refractivity contribution in [1.29, 1.82) is 0 Å². The third-order valence-electron chi connectivity index (χ3n) is 5.59. The summed E-state index contributed by atoms with van der Waals surface area (Å²) in [6, 6.07) is 19.1. The fraction of sp³-hybridized carbons (Fsp3) is 0.458. The standard InChI is InChI=1S/C24H33N3O2/c1-20(29)25-23-11-9-22(10-12-23)18-26-15-16-27(24(19-26)13-17-28)14-5-8-21-6-3-2-4-7-21/h2-4,6-7,9-12,24,28H,5,8,13-19H2,1H3,(H,25,29)/t24-/m0/s1. The summed E-state index contributed by atoms with van der Waals surface area (Å²) in [7, 11) is 0. The number of nitrogens with one attached hydrogen (secondary N) is 1. The average molecular weight is 396 g/mol. The second-order valence-electron chi connectivity index (χ2n) is 7.90. The Labute approximate surface area is 174 Å². The lowest BCUT2D eigenvalue weighted by Gasteiger charge is -2.41. The quantitative estimate of drug-likeness (QED) is 0.685. The van der Waals surface area contributed by atoms with E-state index in [1.54, 1.807) is 0 Å². The molecule has 5 heteroatoms. The van der Waals surface area contributed by atoms with Gasteiger partial charge in [0.2, 0.25) is 5.91 Å². The molecule has 0 saturated carbocycles. The SMILES string of the molecule is CC(=O)Nc1ccc(CN2CCN(CCCc3ccccc3)[C@@H](CCO)C2)cc1. The van der Waals surface area contributed by atoms with Crippen LogP contribution < -0.4 is 5.32 Å². The highest BCUT2D eigenvalue weighted by atomic mass is 16.3. The molecule has 2 aromatic carbocycles. The molecule has 2 aromatic rings. The number of carbonyl (C=O) groups is 1. The topological polar surface area (TPSA) is 55.8 Å². The number of nitrogens with zero attached hydrogens (tertiary/aromatic N) is 2. The summed E-state index contributed by atoms with van der Waals surface area (Å²) in [5.74, 6) is -0.0482. The molecule has 0 bridgehead atoms. The van der Waals surface area contributed by atoms with Gasteiger partial charge >= 0.3 is 0 Å². The Bertz CT molecular complexity index is 748. The van der Waals surface area contributed by atoms with Crippen LogP contribution in [0.4, 0.5) is 5.69 Å². The third kappa shape index (κ3) is 6.96. The monoisotopic (exact) mass is 395 g/mol. The first-order chi connectivity index (χ1) is 14.1. The van der Waals surface area contributed by atoms with Gasteiger partial charge in [-0.2, -0.15) is 0 Å². The van der Waals surface area contributed by atoms with Crippen LogP contribution in [0.5, 0.6) is 0 Å². The smallest absolute Gasteiger partial charge is 0.221 e. The molecule has 3 rings (SSSR count). The van der Waals surface area contributed by atoms with Crippen molar-refractivity contribution in [3.05, 3.63) is 65.7 Å². The maximum Gasteiger partial charge on any atom is 0.221 e. The van der Waals surface area contributed by atoms with Crippen LogP contribution in [0.15, 0.2) is 54.6 Å². The fourth-order valence-electron chi connectivity index (χ4n) is 4.10. The molecule has 0 aliphatic carbocycles. The van der Waals surface area contributed by atoms with E-state index in [0.717, 1.165) is 57.7 Å². The summed E-state index contributed by atoms with van der Waals surface area (Å²) in [5, 5.41) is 12.3. The number of hydrogen-bond donors (Lipinski definition) is 2. The zero-order valence-electron chi connectivity index (χ0n) is 17.4. The summed E-state index contributed by atoms with van der Waals surface area (Å²) in [4.78, 5) is 16.2. The molecular weight excluding hydrogens is 362 g/mol. The summed E-state index contributed by atoms with van der Waals surface area (Å²) in [6.07, 6.45) is 3.08. The van der Waals surface area contributed by atoms with Crippen molar-refractivity contribution in [2.24, 2.45) is 0 Å². The lowest BCUT2D eigenvalue weighted by atomic mass is 10.1. The van der Waals surface area contributed by atoms with Gasteiger partial charge in [-0.1, -0.05) is 42.5 Å². The van der Waals surface area contributed by atoms with Gasteiger partial charge in [-0.25, -0.2) is 0 Å². The van der Waals surface area contributed by atoms with E-state index >= 15 is 0 Å². The molecular formula is C24H33N3O2. The number of aliphatic hydroxyl groups excluding tert-OH is 1. The third-order valence-corrected chi connectivity index (χ3v) is 5.59. The summed E-state index contributed by atoms with van der Waals surface area (Å²) in [6.45, 7) is 6.82. The van der Waals surface area contributed by atoms with Crippen molar-refractivity contribution in [3.63, 3.8) is 0 Å².